The highest BCUT2D eigenvalue weighted by molar-refractivity contribution is 5.70. The van der Waals surface area contributed by atoms with Crippen LogP contribution in [0.25, 0.3) is 0 Å². The number of quaternary nitrogens is 1. The number of ether oxygens (including phenoxy) is 4. The van der Waals surface area contributed by atoms with Crippen molar-refractivity contribution in [3.8, 4) is 0 Å². The number of allylic oxidation sites excluding steroid dienone is 10. The molecule has 9 nitrogen and oxygen atoms in total. The highest BCUT2D eigenvalue weighted by atomic mass is 16.7. The predicted octanol–water partition coefficient (Wildman–Crippen LogP) is 14.3. The molecule has 0 aliphatic rings. The maximum atomic E-state index is 12.8. The molecule has 0 rings (SSSR count). The van der Waals surface area contributed by atoms with Gasteiger partial charge in [0.25, 0.3) is 0 Å². The molecule has 2 atom stereocenters. The van der Waals surface area contributed by atoms with Crippen molar-refractivity contribution in [1.29, 1.82) is 0 Å². The Hall–Kier alpha value is -3.01. The van der Waals surface area contributed by atoms with E-state index >= 15 is 0 Å². The average molecular weight is 942 g/mol. The number of esters is 2. The van der Waals surface area contributed by atoms with Crippen molar-refractivity contribution in [2.45, 2.75) is 245 Å². The number of hydrogen-bond donors (Lipinski definition) is 0. The highest BCUT2D eigenvalue weighted by Crippen LogP contribution is 2.16. The predicted molar refractivity (Wildman–Crippen MR) is 278 cm³/mol. The van der Waals surface area contributed by atoms with E-state index in [1.54, 1.807) is 0 Å². The summed E-state index contributed by atoms with van der Waals surface area (Å²) in [6, 6.07) is 0. The Morgan fingerprint density at radius 3 is 1.27 bits per heavy atom. The van der Waals surface area contributed by atoms with Crippen LogP contribution in [0.1, 0.15) is 232 Å². The van der Waals surface area contributed by atoms with Gasteiger partial charge in [-0.25, -0.2) is 0 Å². The molecule has 0 aromatic carbocycles. The van der Waals surface area contributed by atoms with E-state index in [4.69, 9.17) is 18.9 Å². The highest BCUT2D eigenvalue weighted by Gasteiger charge is 2.22. The topological polar surface area (TPSA) is 111 Å². The minimum absolute atomic E-state index is 0.148. The lowest BCUT2D eigenvalue weighted by Crippen LogP contribution is -2.44. The molecule has 0 amide bonds. The molecule has 0 fully saturated rings. The van der Waals surface area contributed by atoms with Gasteiger partial charge in [-0.1, -0.05) is 222 Å². The molecule has 0 aliphatic heterocycles. The molecule has 67 heavy (non-hydrogen) atoms. The number of unbranched alkanes of at least 4 members (excludes halogenated alkanes) is 25. The Morgan fingerprint density at radius 2 is 0.851 bits per heavy atom. The Labute approximate surface area is 412 Å². The van der Waals surface area contributed by atoms with E-state index in [1.807, 2.05) is 21.1 Å². The van der Waals surface area contributed by atoms with E-state index in [0.29, 0.717) is 23.9 Å². The van der Waals surface area contributed by atoms with Crippen LogP contribution >= 0.6 is 0 Å². The molecule has 0 radical (unpaired) electrons. The number of carboxylic acid groups (broad SMARTS) is 1. The summed E-state index contributed by atoms with van der Waals surface area (Å²) in [6.07, 6.45) is 58.6. The molecule has 0 saturated carbocycles. The minimum atomic E-state index is -1.62. The summed E-state index contributed by atoms with van der Waals surface area (Å²) in [5.74, 6) is -2.28. The van der Waals surface area contributed by atoms with Crippen molar-refractivity contribution < 1.29 is 42.9 Å². The molecule has 0 aromatic rings. The van der Waals surface area contributed by atoms with Crippen molar-refractivity contribution in [3.05, 3.63) is 60.8 Å². The Kier molecular flexibility index (Phi) is 47.2. The van der Waals surface area contributed by atoms with E-state index in [9.17, 15) is 19.5 Å². The molecular weight excluding hydrogens is 839 g/mol. The third-order valence-electron chi connectivity index (χ3n) is 11.8. The molecular formula is C58H103NO8. The van der Waals surface area contributed by atoms with Crippen LogP contribution < -0.4 is 5.11 Å². The van der Waals surface area contributed by atoms with Crippen LogP contribution in [-0.2, 0) is 33.3 Å². The van der Waals surface area contributed by atoms with E-state index in [-0.39, 0.29) is 32.2 Å². The summed E-state index contributed by atoms with van der Waals surface area (Å²) in [4.78, 5) is 37.0. The van der Waals surface area contributed by atoms with Gasteiger partial charge in [0, 0.05) is 12.8 Å². The average Bonchev–Trinajstić information content (AvgIpc) is 3.29. The molecule has 0 heterocycles. The molecule has 0 saturated heterocycles. The van der Waals surface area contributed by atoms with Crippen molar-refractivity contribution in [2.75, 3.05) is 47.5 Å². The second-order valence-electron chi connectivity index (χ2n) is 19.5. The van der Waals surface area contributed by atoms with Crippen molar-refractivity contribution in [1.82, 2.24) is 0 Å². The first kappa shape index (κ1) is 64.0. The van der Waals surface area contributed by atoms with Gasteiger partial charge in [0.15, 0.2) is 12.4 Å². The third kappa shape index (κ3) is 50.7. The quantitative estimate of drug-likeness (QED) is 0.0195. The van der Waals surface area contributed by atoms with Crippen molar-refractivity contribution in [2.24, 2.45) is 0 Å². The van der Waals surface area contributed by atoms with Crippen LogP contribution in [0.4, 0.5) is 0 Å². The van der Waals surface area contributed by atoms with Gasteiger partial charge in [-0.15, -0.1) is 0 Å². The van der Waals surface area contributed by atoms with Gasteiger partial charge < -0.3 is 33.3 Å². The Morgan fingerprint density at radius 1 is 0.463 bits per heavy atom. The minimum Gasteiger partial charge on any atom is -0.545 e. The normalized spacial score (nSPS) is 13.3. The Bertz CT molecular complexity index is 1280. The van der Waals surface area contributed by atoms with Crippen LogP contribution in [0.2, 0.25) is 0 Å². The van der Waals surface area contributed by atoms with Gasteiger partial charge in [-0.3, -0.25) is 9.59 Å². The molecule has 9 heteroatoms. The lowest BCUT2D eigenvalue weighted by Gasteiger charge is -2.26. The molecule has 0 aromatic heterocycles. The van der Waals surface area contributed by atoms with Gasteiger partial charge in [0.2, 0.25) is 0 Å². The summed E-state index contributed by atoms with van der Waals surface area (Å²) in [7, 11) is 5.91. The largest absolute Gasteiger partial charge is 0.545 e. The standard InChI is InChI=1S/C58H103NO8/c1-6-8-10-12-14-16-17-18-19-20-21-22-23-24-25-26-27-28-29-30-31-32-33-34-35-36-37-38-39-41-43-45-47-49-56(61)67-54(53-66-58(57(62)63)64-51-50-59(3,4)5)52-65-55(60)48-46-44-42-40-15-13-11-9-7-2/h8,10,14,16,18-19,21-22,24-25,54,58H,6-7,9,11-13,15,17,20,23,26-53H2,1-5H3/b10-8-,16-14-,19-18-,22-21-,25-24-. The zero-order valence-corrected chi connectivity index (χ0v) is 44.0. The van der Waals surface area contributed by atoms with Gasteiger partial charge in [-0.05, 0) is 57.8 Å². The Balaban J connectivity index is 4.03. The molecule has 0 aliphatic carbocycles. The van der Waals surface area contributed by atoms with Gasteiger partial charge >= 0.3 is 11.9 Å². The summed E-state index contributed by atoms with van der Waals surface area (Å²) in [6.45, 7) is 4.62. The second-order valence-corrected chi connectivity index (χ2v) is 19.5. The maximum absolute atomic E-state index is 12.8. The van der Waals surface area contributed by atoms with Gasteiger partial charge in [0.05, 0.1) is 40.3 Å². The van der Waals surface area contributed by atoms with Crippen molar-refractivity contribution >= 4 is 17.9 Å². The number of carbonyl (C=O) groups excluding carboxylic acids is 3. The summed E-state index contributed by atoms with van der Waals surface area (Å²) >= 11 is 0. The van der Waals surface area contributed by atoms with Crippen LogP contribution in [0.3, 0.4) is 0 Å². The van der Waals surface area contributed by atoms with E-state index in [2.05, 4.69) is 74.6 Å². The van der Waals surface area contributed by atoms with E-state index in [1.165, 1.54) is 135 Å². The molecule has 0 bridgehead atoms. The molecule has 2 unspecified atom stereocenters. The van der Waals surface area contributed by atoms with Crippen LogP contribution in [0.5, 0.6) is 0 Å². The number of aliphatic carboxylic acids is 1. The fourth-order valence-electron chi connectivity index (χ4n) is 7.56. The van der Waals surface area contributed by atoms with Crippen LogP contribution in [0.15, 0.2) is 60.8 Å². The SMILES string of the molecule is CC/C=C\C/C=C\C/C=C\C/C=C\C/C=C\CCCCCCCCCCCCCCCCCCCC(=O)OC(COC(=O)CCCCCCCCCCC)COC(OCC[N+](C)(C)C)C(=O)[O-]. The third-order valence-corrected chi connectivity index (χ3v) is 11.8. The number of hydrogen-bond acceptors (Lipinski definition) is 8. The number of carboxylic acids is 1. The first-order valence-electron chi connectivity index (χ1n) is 27.4. The van der Waals surface area contributed by atoms with E-state index in [0.717, 1.165) is 64.2 Å². The first-order chi connectivity index (χ1) is 32.6. The zero-order valence-electron chi connectivity index (χ0n) is 44.0. The van der Waals surface area contributed by atoms with Crippen LogP contribution in [-0.4, -0.2) is 82.3 Å². The first-order valence-corrected chi connectivity index (χ1v) is 27.4. The maximum Gasteiger partial charge on any atom is 0.306 e. The monoisotopic (exact) mass is 942 g/mol. The zero-order chi connectivity index (χ0) is 49.2. The second kappa shape index (κ2) is 49.4. The number of likely N-dealkylation sites (N-methyl/N-ethyl adjacent to an activating group) is 1. The van der Waals surface area contributed by atoms with Gasteiger partial charge in [-0.2, -0.15) is 0 Å². The fourth-order valence-corrected chi connectivity index (χ4v) is 7.56. The molecule has 0 N–H and O–H groups in total. The molecule has 388 valence electrons. The van der Waals surface area contributed by atoms with E-state index < -0.39 is 24.3 Å². The molecule has 0 spiro atoms. The lowest BCUT2D eigenvalue weighted by atomic mass is 10.0. The summed E-state index contributed by atoms with van der Waals surface area (Å²) in [5.41, 5.74) is 0. The number of nitrogens with zero attached hydrogens (tertiary/aromatic N) is 1. The van der Waals surface area contributed by atoms with Crippen molar-refractivity contribution in [3.63, 3.8) is 0 Å². The number of rotatable bonds is 50. The lowest BCUT2D eigenvalue weighted by molar-refractivity contribution is -0.870. The summed E-state index contributed by atoms with van der Waals surface area (Å²) < 4.78 is 22.6. The van der Waals surface area contributed by atoms with Crippen LogP contribution in [0, 0.1) is 0 Å². The van der Waals surface area contributed by atoms with Gasteiger partial charge in [0.1, 0.15) is 13.2 Å². The summed E-state index contributed by atoms with van der Waals surface area (Å²) in [5, 5.41) is 11.7. The fraction of sp³-hybridized carbons (Fsp3) is 0.776. The smallest absolute Gasteiger partial charge is 0.306 e. The number of carbonyl (C=O) groups is 3.